The molecule has 0 amide bonds. The third-order valence-electron chi connectivity index (χ3n) is 7.95. The number of hydrogen-bond acceptors (Lipinski definition) is 1. The molecule has 1 aromatic carbocycles. The maximum Gasteiger partial charge on any atom is 0.146 e. The lowest BCUT2D eigenvalue weighted by Crippen LogP contribution is -2.43. The van der Waals surface area contributed by atoms with E-state index in [-0.39, 0.29) is 5.82 Å². The maximum absolute atomic E-state index is 15.1. The highest BCUT2D eigenvalue weighted by molar-refractivity contribution is 6.91. The first-order valence-electron chi connectivity index (χ1n) is 12.8. The van der Waals surface area contributed by atoms with Gasteiger partial charge in [0, 0.05) is 12.6 Å². The third kappa shape index (κ3) is 5.78. The fraction of sp³-hybridized carbons (Fsp3) is 0.655. The van der Waals surface area contributed by atoms with Gasteiger partial charge in [0.05, 0.1) is 11.3 Å². The molecule has 0 fully saturated rings. The SMILES string of the molecule is CNc1c(C#C[Si](C(C)C)(C(C)C)C(C)C)ccc(F)c1C#C[Si](C(C)C)(C(C)C)C(C)C. The summed E-state index contributed by atoms with van der Waals surface area (Å²) in [7, 11) is -2.00. The normalized spacial score (nSPS) is 12.5. The minimum atomic E-state index is -1.96. The summed E-state index contributed by atoms with van der Waals surface area (Å²) in [5, 5.41) is 3.24. The van der Waals surface area contributed by atoms with Gasteiger partial charge in [0.1, 0.15) is 22.0 Å². The van der Waals surface area contributed by atoms with Crippen LogP contribution in [0.2, 0.25) is 33.2 Å². The molecular formula is C29H48FNSi2. The lowest BCUT2D eigenvalue weighted by molar-refractivity contribution is 0.625. The number of anilines is 1. The Hall–Kier alpha value is -1.50. The molecule has 0 aliphatic rings. The maximum atomic E-state index is 15.1. The van der Waals surface area contributed by atoms with E-state index in [4.69, 9.17) is 0 Å². The van der Waals surface area contributed by atoms with Crippen LogP contribution >= 0.6 is 0 Å². The highest BCUT2D eigenvalue weighted by Crippen LogP contribution is 2.42. The van der Waals surface area contributed by atoms with Crippen LogP contribution in [0.5, 0.6) is 0 Å². The number of hydrogen-bond donors (Lipinski definition) is 1. The fourth-order valence-corrected chi connectivity index (χ4v) is 16.7. The van der Waals surface area contributed by atoms with Crippen molar-refractivity contribution < 1.29 is 4.39 Å². The molecule has 0 aliphatic carbocycles. The summed E-state index contributed by atoms with van der Waals surface area (Å²) in [6.45, 7) is 27.6. The van der Waals surface area contributed by atoms with Crippen molar-refractivity contribution in [2.75, 3.05) is 12.4 Å². The second-order valence-corrected chi connectivity index (χ2v) is 22.5. The summed E-state index contributed by atoms with van der Waals surface area (Å²) >= 11 is 0. The molecular weight excluding hydrogens is 437 g/mol. The van der Waals surface area contributed by atoms with E-state index in [0.29, 0.717) is 38.8 Å². The molecule has 1 N–H and O–H groups in total. The van der Waals surface area contributed by atoms with Gasteiger partial charge in [-0.3, -0.25) is 0 Å². The highest BCUT2D eigenvalue weighted by atomic mass is 28.3. The number of rotatable bonds is 7. The Morgan fingerprint density at radius 3 is 1.33 bits per heavy atom. The molecule has 1 aromatic rings. The molecule has 0 heterocycles. The molecule has 184 valence electrons. The Morgan fingerprint density at radius 1 is 0.636 bits per heavy atom. The van der Waals surface area contributed by atoms with E-state index in [2.05, 4.69) is 111 Å². The van der Waals surface area contributed by atoms with Crippen LogP contribution in [0.3, 0.4) is 0 Å². The third-order valence-corrected chi connectivity index (χ3v) is 20.5. The average Bonchev–Trinajstić information content (AvgIpc) is 2.68. The first-order chi connectivity index (χ1) is 15.2. The second kappa shape index (κ2) is 11.8. The molecule has 1 nitrogen and oxygen atoms in total. The quantitative estimate of drug-likeness (QED) is 0.300. The average molecular weight is 486 g/mol. The van der Waals surface area contributed by atoms with Crippen LogP contribution in [-0.4, -0.2) is 23.2 Å². The van der Waals surface area contributed by atoms with Gasteiger partial charge in [0.25, 0.3) is 0 Å². The second-order valence-electron chi connectivity index (χ2n) is 11.4. The molecule has 0 aliphatic heterocycles. The fourth-order valence-electron chi connectivity index (χ4n) is 6.28. The predicted octanol–water partition coefficient (Wildman–Crippen LogP) is 9.01. The first kappa shape index (κ1) is 29.5. The van der Waals surface area contributed by atoms with Gasteiger partial charge in [-0.25, -0.2) is 4.39 Å². The zero-order valence-electron chi connectivity index (χ0n) is 23.5. The van der Waals surface area contributed by atoms with E-state index in [0.717, 1.165) is 11.3 Å². The molecule has 0 saturated carbocycles. The molecule has 0 saturated heterocycles. The molecule has 0 aromatic heterocycles. The molecule has 0 bridgehead atoms. The van der Waals surface area contributed by atoms with E-state index in [9.17, 15) is 0 Å². The van der Waals surface area contributed by atoms with Gasteiger partial charge in [0.15, 0.2) is 0 Å². The van der Waals surface area contributed by atoms with E-state index < -0.39 is 16.1 Å². The van der Waals surface area contributed by atoms with Crippen LogP contribution in [0.4, 0.5) is 10.1 Å². The largest absolute Gasteiger partial charge is 0.386 e. The molecule has 1 rings (SSSR count). The van der Waals surface area contributed by atoms with E-state index >= 15 is 4.39 Å². The van der Waals surface area contributed by atoms with Crippen molar-refractivity contribution in [3.63, 3.8) is 0 Å². The first-order valence-corrected chi connectivity index (χ1v) is 17.2. The molecule has 33 heavy (non-hydrogen) atoms. The Morgan fingerprint density at radius 2 is 1.00 bits per heavy atom. The van der Waals surface area contributed by atoms with Crippen molar-refractivity contribution in [1.82, 2.24) is 0 Å². The van der Waals surface area contributed by atoms with Crippen molar-refractivity contribution in [2.45, 2.75) is 116 Å². The lowest BCUT2D eigenvalue weighted by Gasteiger charge is -2.38. The lowest BCUT2D eigenvalue weighted by atomic mass is 10.1. The van der Waals surface area contributed by atoms with Crippen molar-refractivity contribution in [3.8, 4) is 22.9 Å². The number of nitrogens with one attached hydrogen (secondary N) is 1. The predicted molar refractivity (Wildman–Crippen MR) is 152 cm³/mol. The smallest absolute Gasteiger partial charge is 0.146 e. The zero-order valence-corrected chi connectivity index (χ0v) is 25.5. The van der Waals surface area contributed by atoms with Crippen LogP contribution in [-0.2, 0) is 0 Å². The van der Waals surface area contributed by atoms with Crippen molar-refractivity contribution in [1.29, 1.82) is 0 Å². The molecule has 0 atom stereocenters. The van der Waals surface area contributed by atoms with E-state index in [1.165, 1.54) is 0 Å². The van der Waals surface area contributed by atoms with E-state index in [1.54, 1.807) is 6.07 Å². The van der Waals surface area contributed by atoms with Crippen molar-refractivity contribution in [2.24, 2.45) is 0 Å². The van der Waals surface area contributed by atoms with Crippen LogP contribution in [0.1, 0.15) is 94.2 Å². The van der Waals surface area contributed by atoms with Gasteiger partial charge in [-0.2, -0.15) is 0 Å². The number of benzene rings is 1. The van der Waals surface area contributed by atoms with Gasteiger partial charge in [0.2, 0.25) is 0 Å². The highest BCUT2D eigenvalue weighted by Gasteiger charge is 2.42. The summed E-state index contributed by atoms with van der Waals surface area (Å²) in [6, 6.07) is 3.36. The van der Waals surface area contributed by atoms with Gasteiger partial charge in [-0.1, -0.05) is 94.9 Å². The van der Waals surface area contributed by atoms with Crippen LogP contribution in [0, 0.1) is 28.7 Å². The summed E-state index contributed by atoms with van der Waals surface area (Å²) in [5.74, 6) is 6.58. The van der Waals surface area contributed by atoms with Crippen molar-refractivity contribution in [3.05, 3.63) is 29.1 Å². The Kier molecular flexibility index (Phi) is 10.5. The Balaban J connectivity index is 3.80. The van der Waals surface area contributed by atoms with Crippen molar-refractivity contribution >= 4 is 21.8 Å². The van der Waals surface area contributed by atoms with Crippen LogP contribution in [0.15, 0.2) is 12.1 Å². The van der Waals surface area contributed by atoms with E-state index in [1.807, 2.05) is 13.1 Å². The minimum absolute atomic E-state index is 0.267. The molecule has 0 spiro atoms. The van der Waals surface area contributed by atoms with Gasteiger partial charge in [-0.05, 0) is 45.4 Å². The van der Waals surface area contributed by atoms with Gasteiger partial charge in [-0.15, -0.1) is 11.1 Å². The molecule has 0 radical (unpaired) electrons. The van der Waals surface area contributed by atoms with Gasteiger partial charge < -0.3 is 5.32 Å². The summed E-state index contributed by atoms with van der Waals surface area (Å²) in [6.07, 6.45) is 0. The monoisotopic (exact) mass is 485 g/mol. The minimum Gasteiger partial charge on any atom is -0.386 e. The van der Waals surface area contributed by atoms with Crippen LogP contribution < -0.4 is 5.32 Å². The topological polar surface area (TPSA) is 12.0 Å². The van der Waals surface area contributed by atoms with Gasteiger partial charge >= 0.3 is 0 Å². The summed E-state index contributed by atoms with van der Waals surface area (Å²) in [5.41, 5.74) is 12.7. The molecule has 4 heteroatoms. The standard InChI is InChI=1S/C29H48FNSi2/c1-20(2)32(21(3)4,22(5)6)18-16-26-14-15-28(30)27(29(26)31-13)17-19-33(23(7)8,24(9)10)25(11)12/h14-15,20-25,31H,1-13H3. The van der Waals surface area contributed by atoms with Crippen LogP contribution in [0.25, 0.3) is 0 Å². The zero-order chi connectivity index (χ0) is 25.7. The Bertz CT molecular complexity index is 877. The number of halogens is 1. The summed E-state index contributed by atoms with van der Waals surface area (Å²) < 4.78 is 15.1. The summed E-state index contributed by atoms with van der Waals surface area (Å²) in [4.78, 5) is 0. The molecule has 0 unspecified atom stereocenters. The Labute approximate surface area is 206 Å².